The van der Waals surface area contributed by atoms with E-state index < -0.39 is 0 Å². The lowest BCUT2D eigenvalue weighted by atomic mass is 10.3. The highest BCUT2D eigenvalue weighted by atomic mass is 16.4. The van der Waals surface area contributed by atoms with Crippen molar-refractivity contribution in [3.63, 3.8) is 0 Å². The topological polar surface area (TPSA) is 87.4 Å². The van der Waals surface area contributed by atoms with Crippen LogP contribution in [0.3, 0.4) is 0 Å². The predicted octanol–water partition coefficient (Wildman–Crippen LogP) is 0.763. The number of nitrogens with one attached hydrogen (secondary N) is 1. The zero-order valence-corrected chi connectivity index (χ0v) is 14.2. The molecule has 8 heteroatoms. The first kappa shape index (κ1) is 16.4. The summed E-state index contributed by atoms with van der Waals surface area (Å²) in [5.74, 6) is 2.23. The summed E-state index contributed by atoms with van der Waals surface area (Å²) >= 11 is 0. The average Bonchev–Trinajstić information content (AvgIpc) is 2.92. The number of nitrogens with zero attached hydrogens (tertiary/aromatic N) is 5. The van der Waals surface area contributed by atoms with Gasteiger partial charge in [0, 0.05) is 33.2 Å². The van der Waals surface area contributed by atoms with Crippen LogP contribution in [-0.4, -0.2) is 59.2 Å². The third-order valence-electron chi connectivity index (χ3n) is 4.24. The van der Waals surface area contributed by atoms with Crippen molar-refractivity contribution < 1.29 is 9.21 Å². The second kappa shape index (κ2) is 6.96. The van der Waals surface area contributed by atoms with Gasteiger partial charge in [-0.25, -0.2) is 4.98 Å². The summed E-state index contributed by atoms with van der Waals surface area (Å²) in [6.45, 7) is 8.13. The van der Waals surface area contributed by atoms with E-state index in [4.69, 9.17) is 4.42 Å². The van der Waals surface area contributed by atoms with Crippen LogP contribution in [0.25, 0.3) is 0 Å². The molecular formula is C16H22N6O2. The quantitative estimate of drug-likeness (QED) is 0.885. The third-order valence-corrected chi connectivity index (χ3v) is 4.24. The number of rotatable bonds is 4. The van der Waals surface area contributed by atoms with Crippen LogP contribution in [0.2, 0.25) is 0 Å². The molecule has 0 radical (unpaired) electrons. The molecule has 1 N–H and O–H groups in total. The molecule has 3 heterocycles. The molecule has 0 bridgehead atoms. The first-order chi connectivity index (χ1) is 11.6. The van der Waals surface area contributed by atoms with Crippen molar-refractivity contribution in [1.82, 2.24) is 25.4 Å². The number of hydrogen-bond acceptors (Lipinski definition) is 7. The Labute approximate surface area is 140 Å². The van der Waals surface area contributed by atoms with Gasteiger partial charge < -0.3 is 14.6 Å². The largest absolute Gasteiger partial charge is 0.444 e. The molecule has 8 nitrogen and oxygen atoms in total. The number of carbonyl (C=O) groups excluding carboxylic acids is 1. The van der Waals surface area contributed by atoms with E-state index in [9.17, 15) is 4.79 Å². The van der Waals surface area contributed by atoms with Crippen LogP contribution in [0.15, 0.2) is 16.5 Å². The summed E-state index contributed by atoms with van der Waals surface area (Å²) in [4.78, 5) is 20.4. The molecule has 1 fully saturated rings. The van der Waals surface area contributed by atoms with Crippen LogP contribution in [-0.2, 0) is 6.54 Å². The SMILES string of the molecule is CNC(=O)c1ccc(N2CCN(Cc3nc(C)c(C)o3)CC2)nn1. The van der Waals surface area contributed by atoms with Crippen LogP contribution in [0.1, 0.15) is 27.8 Å². The summed E-state index contributed by atoms with van der Waals surface area (Å²) < 4.78 is 5.65. The molecule has 2 aromatic rings. The number of anilines is 1. The highest BCUT2D eigenvalue weighted by molar-refractivity contribution is 5.91. The fourth-order valence-corrected chi connectivity index (χ4v) is 2.68. The molecule has 3 rings (SSSR count). The second-order valence-corrected chi connectivity index (χ2v) is 5.87. The summed E-state index contributed by atoms with van der Waals surface area (Å²) in [6, 6.07) is 3.54. The van der Waals surface area contributed by atoms with E-state index in [1.807, 2.05) is 19.9 Å². The molecule has 1 saturated heterocycles. The Hall–Kier alpha value is -2.48. The second-order valence-electron chi connectivity index (χ2n) is 5.87. The van der Waals surface area contributed by atoms with Crippen LogP contribution < -0.4 is 10.2 Å². The Morgan fingerprint density at radius 3 is 2.50 bits per heavy atom. The number of aryl methyl sites for hydroxylation is 2. The van der Waals surface area contributed by atoms with Gasteiger partial charge in [0.05, 0.1) is 12.2 Å². The van der Waals surface area contributed by atoms with Gasteiger partial charge in [-0.15, -0.1) is 10.2 Å². The minimum absolute atomic E-state index is 0.226. The van der Waals surface area contributed by atoms with Gasteiger partial charge in [0.1, 0.15) is 5.76 Å². The van der Waals surface area contributed by atoms with Crippen molar-refractivity contribution in [1.29, 1.82) is 0 Å². The fraction of sp³-hybridized carbons (Fsp3) is 0.500. The third kappa shape index (κ3) is 3.53. The Morgan fingerprint density at radius 2 is 1.96 bits per heavy atom. The molecule has 0 saturated carbocycles. The average molecular weight is 330 g/mol. The molecule has 0 spiro atoms. The minimum Gasteiger partial charge on any atom is -0.444 e. The van der Waals surface area contributed by atoms with Gasteiger partial charge in [-0.2, -0.15) is 0 Å². The summed E-state index contributed by atoms with van der Waals surface area (Å²) in [5, 5.41) is 10.7. The monoisotopic (exact) mass is 330 g/mol. The maximum Gasteiger partial charge on any atom is 0.271 e. The minimum atomic E-state index is -0.226. The Balaban J connectivity index is 1.55. The van der Waals surface area contributed by atoms with Gasteiger partial charge in [-0.3, -0.25) is 9.69 Å². The predicted molar refractivity (Wildman–Crippen MR) is 88.9 cm³/mol. The van der Waals surface area contributed by atoms with Crippen molar-refractivity contribution >= 4 is 11.7 Å². The molecule has 0 atom stereocenters. The van der Waals surface area contributed by atoms with E-state index in [2.05, 4.69) is 30.3 Å². The Morgan fingerprint density at radius 1 is 1.21 bits per heavy atom. The zero-order valence-electron chi connectivity index (χ0n) is 14.2. The van der Waals surface area contributed by atoms with E-state index in [1.165, 1.54) is 0 Å². The van der Waals surface area contributed by atoms with Gasteiger partial charge in [-0.1, -0.05) is 0 Å². The molecule has 1 aliphatic heterocycles. The van der Waals surface area contributed by atoms with Crippen molar-refractivity contribution in [2.45, 2.75) is 20.4 Å². The van der Waals surface area contributed by atoms with Gasteiger partial charge in [0.25, 0.3) is 5.91 Å². The Kier molecular flexibility index (Phi) is 4.75. The van der Waals surface area contributed by atoms with Crippen LogP contribution >= 0.6 is 0 Å². The first-order valence-electron chi connectivity index (χ1n) is 8.03. The molecule has 128 valence electrons. The molecule has 1 aliphatic rings. The molecule has 0 aliphatic carbocycles. The molecule has 24 heavy (non-hydrogen) atoms. The zero-order chi connectivity index (χ0) is 17.1. The lowest BCUT2D eigenvalue weighted by Gasteiger charge is -2.34. The van der Waals surface area contributed by atoms with E-state index in [1.54, 1.807) is 13.1 Å². The summed E-state index contributed by atoms with van der Waals surface area (Å²) in [6.07, 6.45) is 0. The van der Waals surface area contributed by atoms with Gasteiger partial charge in [0.15, 0.2) is 11.5 Å². The van der Waals surface area contributed by atoms with Crippen molar-refractivity contribution in [2.75, 3.05) is 38.1 Å². The number of hydrogen-bond donors (Lipinski definition) is 1. The maximum absolute atomic E-state index is 11.5. The summed E-state index contributed by atoms with van der Waals surface area (Å²) in [7, 11) is 1.58. The van der Waals surface area contributed by atoms with Gasteiger partial charge in [0.2, 0.25) is 5.89 Å². The number of carbonyl (C=O) groups is 1. The smallest absolute Gasteiger partial charge is 0.271 e. The molecular weight excluding hydrogens is 308 g/mol. The van der Waals surface area contributed by atoms with E-state index in [-0.39, 0.29) is 5.91 Å². The van der Waals surface area contributed by atoms with Crippen molar-refractivity contribution in [2.24, 2.45) is 0 Å². The Bertz CT molecular complexity index is 684. The normalized spacial score (nSPS) is 15.5. The number of amides is 1. The molecule has 2 aromatic heterocycles. The van der Waals surface area contributed by atoms with Gasteiger partial charge in [-0.05, 0) is 26.0 Å². The lowest BCUT2D eigenvalue weighted by molar-refractivity contribution is 0.0957. The van der Waals surface area contributed by atoms with E-state index >= 15 is 0 Å². The lowest BCUT2D eigenvalue weighted by Crippen LogP contribution is -2.46. The standard InChI is InChI=1S/C16H22N6O2/c1-11-12(2)24-15(18-11)10-21-6-8-22(9-7-21)14-5-4-13(19-20-14)16(23)17-3/h4-5H,6-10H2,1-3H3,(H,17,23). The highest BCUT2D eigenvalue weighted by Crippen LogP contribution is 2.15. The fourth-order valence-electron chi connectivity index (χ4n) is 2.68. The summed E-state index contributed by atoms with van der Waals surface area (Å²) in [5.41, 5.74) is 1.28. The molecule has 1 amide bonds. The van der Waals surface area contributed by atoms with Crippen molar-refractivity contribution in [3.05, 3.63) is 35.2 Å². The van der Waals surface area contributed by atoms with E-state index in [0.29, 0.717) is 5.69 Å². The van der Waals surface area contributed by atoms with Crippen LogP contribution in [0, 0.1) is 13.8 Å². The van der Waals surface area contributed by atoms with Crippen molar-refractivity contribution in [3.8, 4) is 0 Å². The van der Waals surface area contributed by atoms with Gasteiger partial charge >= 0.3 is 0 Å². The maximum atomic E-state index is 11.5. The first-order valence-corrected chi connectivity index (χ1v) is 8.03. The number of piperazine rings is 1. The molecule has 0 aromatic carbocycles. The highest BCUT2D eigenvalue weighted by Gasteiger charge is 2.20. The van der Waals surface area contributed by atoms with E-state index in [0.717, 1.165) is 55.9 Å². The van der Waals surface area contributed by atoms with Crippen LogP contribution in [0.4, 0.5) is 5.82 Å². The number of aromatic nitrogens is 3. The van der Waals surface area contributed by atoms with Crippen LogP contribution in [0.5, 0.6) is 0 Å². The number of oxazole rings is 1. The molecule has 0 unspecified atom stereocenters.